The van der Waals surface area contributed by atoms with Crippen LogP contribution in [0.2, 0.25) is 0 Å². The second kappa shape index (κ2) is 9.14. The fourth-order valence-electron chi connectivity index (χ4n) is 4.08. The number of piperidine rings is 1. The number of carbonyl (C=O) groups excluding carboxylic acids is 1. The molecule has 174 valence electrons. The molecule has 0 spiro atoms. The van der Waals surface area contributed by atoms with Crippen LogP contribution in [-0.4, -0.2) is 47.6 Å². The van der Waals surface area contributed by atoms with Crippen molar-refractivity contribution in [2.75, 3.05) is 6.54 Å². The van der Waals surface area contributed by atoms with E-state index in [2.05, 4.69) is 0 Å². The Bertz CT molecular complexity index is 1090. The van der Waals surface area contributed by atoms with Crippen molar-refractivity contribution >= 4 is 15.9 Å². The van der Waals surface area contributed by atoms with E-state index in [0.29, 0.717) is 16.9 Å². The monoisotopic (exact) mass is 466 g/mol. The maximum absolute atomic E-state index is 13.7. The molecule has 2 atom stereocenters. The van der Waals surface area contributed by atoms with Crippen molar-refractivity contribution < 1.29 is 32.7 Å². The van der Waals surface area contributed by atoms with Crippen molar-refractivity contribution in [3.8, 4) is 5.75 Å². The van der Waals surface area contributed by atoms with Gasteiger partial charge in [-0.3, -0.25) is 10.0 Å². The normalized spacial score (nSPS) is 21.2. The van der Waals surface area contributed by atoms with Crippen LogP contribution in [0, 0.1) is 18.2 Å². The van der Waals surface area contributed by atoms with E-state index in [1.54, 1.807) is 32.9 Å². The number of rotatable bonds is 6. The van der Waals surface area contributed by atoms with E-state index in [1.165, 1.54) is 35.8 Å². The molecule has 2 unspecified atom stereocenters. The molecule has 1 heterocycles. The van der Waals surface area contributed by atoms with E-state index in [4.69, 9.17) is 9.94 Å². The molecular formula is C22H27FN2O6S. The van der Waals surface area contributed by atoms with Gasteiger partial charge < -0.3 is 9.84 Å². The van der Waals surface area contributed by atoms with Crippen molar-refractivity contribution in [1.82, 2.24) is 9.79 Å². The number of hydrogen-bond acceptors (Lipinski definition) is 6. The Kier molecular flexibility index (Phi) is 6.89. The molecule has 1 aliphatic heterocycles. The molecule has 8 nitrogen and oxygen atoms in total. The van der Waals surface area contributed by atoms with Gasteiger partial charge >= 0.3 is 0 Å². The summed E-state index contributed by atoms with van der Waals surface area (Å²) >= 11 is 0. The molecule has 3 N–H and O–H groups in total. The van der Waals surface area contributed by atoms with Crippen LogP contribution in [0.3, 0.4) is 0 Å². The molecule has 0 aromatic heterocycles. The van der Waals surface area contributed by atoms with Gasteiger partial charge in [-0.15, -0.1) is 0 Å². The predicted molar refractivity (Wildman–Crippen MR) is 114 cm³/mol. The fraction of sp³-hybridized carbons (Fsp3) is 0.409. The molecule has 0 aliphatic carbocycles. The van der Waals surface area contributed by atoms with Gasteiger partial charge in [-0.25, -0.2) is 18.3 Å². The minimum atomic E-state index is -4.17. The van der Waals surface area contributed by atoms with Gasteiger partial charge in [-0.05, 0) is 60.2 Å². The van der Waals surface area contributed by atoms with Gasteiger partial charge in [0.2, 0.25) is 10.0 Å². The van der Waals surface area contributed by atoms with E-state index in [0.717, 1.165) is 4.31 Å². The third-order valence-corrected chi connectivity index (χ3v) is 7.59. The minimum absolute atomic E-state index is 0.0903. The number of halogens is 1. The van der Waals surface area contributed by atoms with Gasteiger partial charge in [0.1, 0.15) is 24.2 Å². The van der Waals surface area contributed by atoms with E-state index < -0.39 is 33.5 Å². The SMILES string of the molecule is Cc1c(F)cccc1COc1ccc(S(=O)(=O)N2CC(O)CC(C)(C)C2C(=O)NO)cc1. The van der Waals surface area contributed by atoms with Crippen molar-refractivity contribution in [1.29, 1.82) is 0 Å². The number of nitrogens with one attached hydrogen (secondary N) is 1. The van der Waals surface area contributed by atoms with Crippen LogP contribution in [0.1, 0.15) is 31.4 Å². The largest absolute Gasteiger partial charge is 0.489 e. The van der Waals surface area contributed by atoms with Crippen molar-refractivity contribution in [2.45, 2.75) is 50.8 Å². The van der Waals surface area contributed by atoms with E-state index in [-0.39, 0.29) is 30.3 Å². The van der Waals surface area contributed by atoms with Crippen LogP contribution in [0.4, 0.5) is 4.39 Å². The topological polar surface area (TPSA) is 116 Å². The zero-order chi connectivity index (χ0) is 23.7. The standard InChI is InChI=1S/C22H27FN2O6S/c1-14-15(5-4-6-19(14)23)13-31-17-7-9-18(10-8-17)32(29,30)25-12-16(26)11-22(2,3)20(25)21(27)24-28/h4-10,16,20,26,28H,11-13H2,1-3H3,(H,24,27). The highest BCUT2D eigenvalue weighted by Crippen LogP contribution is 2.38. The van der Waals surface area contributed by atoms with Crippen LogP contribution in [0.5, 0.6) is 5.75 Å². The lowest BCUT2D eigenvalue weighted by atomic mass is 9.76. The smallest absolute Gasteiger partial charge is 0.262 e. The summed E-state index contributed by atoms with van der Waals surface area (Å²) in [6, 6.07) is 9.10. The second-order valence-electron chi connectivity index (χ2n) is 8.58. The summed E-state index contributed by atoms with van der Waals surface area (Å²) in [5, 5.41) is 19.4. The molecule has 32 heavy (non-hydrogen) atoms. The third-order valence-electron chi connectivity index (χ3n) is 5.74. The molecule has 2 aromatic rings. The number of β-amino-alcohol motifs (C(OH)–C–C–N with tert-alkyl or cyclic N) is 1. The number of hydroxylamine groups is 1. The molecule has 0 radical (unpaired) electrons. The molecule has 0 bridgehead atoms. The lowest BCUT2D eigenvalue weighted by Gasteiger charge is -2.45. The zero-order valence-corrected chi connectivity index (χ0v) is 18.9. The first kappa shape index (κ1) is 24.1. The Morgan fingerprint density at radius 1 is 1.25 bits per heavy atom. The number of amides is 1. The van der Waals surface area contributed by atoms with Gasteiger partial charge in [-0.1, -0.05) is 26.0 Å². The molecule has 1 saturated heterocycles. The second-order valence-corrected chi connectivity index (χ2v) is 10.5. The van der Waals surface area contributed by atoms with Gasteiger partial charge in [-0.2, -0.15) is 4.31 Å². The van der Waals surface area contributed by atoms with Crippen LogP contribution in [-0.2, 0) is 21.4 Å². The van der Waals surface area contributed by atoms with E-state index >= 15 is 0 Å². The molecule has 1 aliphatic rings. The summed E-state index contributed by atoms with van der Waals surface area (Å²) in [5.74, 6) is -0.812. The van der Waals surface area contributed by atoms with Crippen LogP contribution in [0.25, 0.3) is 0 Å². The lowest BCUT2D eigenvalue weighted by Crippen LogP contribution is -2.62. The number of nitrogens with zero attached hydrogens (tertiary/aromatic N) is 1. The quantitative estimate of drug-likeness (QED) is 0.445. The van der Waals surface area contributed by atoms with Crippen molar-refractivity contribution in [3.05, 3.63) is 59.4 Å². The first-order valence-corrected chi connectivity index (χ1v) is 11.5. The van der Waals surface area contributed by atoms with Crippen molar-refractivity contribution in [3.63, 3.8) is 0 Å². The average molecular weight is 467 g/mol. The third kappa shape index (κ3) is 4.78. The number of carbonyl (C=O) groups is 1. The van der Waals surface area contributed by atoms with E-state index in [9.17, 15) is 22.7 Å². The highest BCUT2D eigenvalue weighted by atomic mass is 32.2. The summed E-state index contributed by atoms with van der Waals surface area (Å²) < 4.78 is 46.8. The van der Waals surface area contributed by atoms with Gasteiger partial charge in [0.05, 0.1) is 11.0 Å². The highest BCUT2D eigenvalue weighted by Gasteiger charge is 2.50. The van der Waals surface area contributed by atoms with Crippen LogP contribution in [0.15, 0.2) is 47.4 Å². The summed E-state index contributed by atoms with van der Waals surface area (Å²) in [7, 11) is -4.17. The Balaban J connectivity index is 1.83. The van der Waals surface area contributed by atoms with Crippen LogP contribution < -0.4 is 10.2 Å². The number of benzene rings is 2. The molecule has 0 saturated carbocycles. The molecule has 2 aromatic carbocycles. The molecule has 1 fully saturated rings. The fourth-order valence-corrected chi connectivity index (χ4v) is 5.86. The Morgan fingerprint density at radius 2 is 1.91 bits per heavy atom. The average Bonchev–Trinajstić information content (AvgIpc) is 2.73. The van der Waals surface area contributed by atoms with Crippen LogP contribution >= 0.6 is 0 Å². The first-order valence-electron chi connectivity index (χ1n) is 10.1. The number of aliphatic hydroxyl groups is 1. The number of hydrogen-bond donors (Lipinski definition) is 3. The minimum Gasteiger partial charge on any atom is -0.489 e. The Morgan fingerprint density at radius 3 is 2.53 bits per heavy atom. The Hall–Kier alpha value is -2.53. The molecule has 1 amide bonds. The van der Waals surface area contributed by atoms with E-state index in [1.807, 2.05) is 0 Å². The zero-order valence-electron chi connectivity index (χ0n) is 18.1. The summed E-state index contributed by atoms with van der Waals surface area (Å²) in [4.78, 5) is 12.2. The van der Waals surface area contributed by atoms with Gasteiger partial charge in [0.15, 0.2) is 0 Å². The predicted octanol–water partition coefficient (Wildman–Crippen LogP) is 2.37. The summed E-state index contributed by atoms with van der Waals surface area (Å²) in [6.07, 6.45) is -0.761. The number of aliphatic hydroxyl groups excluding tert-OH is 1. The van der Waals surface area contributed by atoms with Gasteiger partial charge in [0.25, 0.3) is 5.91 Å². The molecular weight excluding hydrogens is 439 g/mol. The maximum atomic E-state index is 13.7. The highest BCUT2D eigenvalue weighted by molar-refractivity contribution is 7.89. The Labute approximate surface area is 186 Å². The summed E-state index contributed by atoms with van der Waals surface area (Å²) in [5.41, 5.74) is 1.77. The lowest BCUT2D eigenvalue weighted by molar-refractivity contribution is -0.140. The molecule has 3 rings (SSSR count). The number of ether oxygens (including phenoxy) is 1. The van der Waals surface area contributed by atoms with Gasteiger partial charge in [0, 0.05) is 6.54 Å². The maximum Gasteiger partial charge on any atom is 0.262 e. The number of sulfonamides is 1. The molecule has 10 heteroatoms. The summed E-state index contributed by atoms with van der Waals surface area (Å²) in [6.45, 7) is 4.80. The first-order chi connectivity index (χ1) is 15.0. The van der Waals surface area contributed by atoms with Crippen molar-refractivity contribution in [2.24, 2.45) is 5.41 Å².